The molecule has 0 heterocycles. The molecule has 218 valence electrons. The van der Waals surface area contributed by atoms with E-state index in [2.05, 4.69) is 6.92 Å². The van der Waals surface area contributed by atoms with Gasteiger partial charge in [0.2, 0.25) is 0 Å². The topological polar surface area (TPSA) is 97.3 Å². The Morgan fingerprint density at radius 3 is 1.83 bits per heavy atom. The number of methoxy groups -OCH3 is 1. The molecule has 3 atom stereocenters. The SMILES string of the molecule is CCCCCCCCCCCCCCCCSC(OP(=O)([O-])OCC[N+](C)(C)C)C(CO)OCOC. The highest BCUT2D eigenvalue weighted by molar-refractivity contribution is 7.99. The van der Waals surface area contributed by atoms with E-state index in [4.69, 9.17) is 18.5 Å². The number of hydrogen-bond donors (Lipinski definition) is 1. The van der Waals surface area contributed by atoms with Crippen LogP contribution < -0.4 is 4.89 Å². The van der Waals surface area contributed by atoms with Crippen LogP contribution in [0.3, 0.4) is 0 Å². The first-order valence-corrected chi connectivity index (χ1v) is 16.4. The Labute approximate surface area is 226 Å². The van der Waals surface area contributed by atoms with E-state index in [0.29, 0.717) is 16.8 Å². The summed E-state index contributed by atoms with van der Waals surface area (Å²) < 4.78 is 33.7. The summed E-state index contributed by atoms with van der Waals surface area (Å²) in [5.74, 6) is 0.717. The number of likely N-dealkylation sites (N-methyl/N-ethyl adjacent to an activating group) is 1. The van der Waals surface area contributed by atoms with Crippen molar-refractivity contribution in [2.75, 3.05) is 60.6 Å². The van der Waals surface area contributed by atoms with Gasteiger partial charge in [-0.1, -0.05) is 90.4 Å². The van der Waals surface area contributed by atoms with E-state index in [1.54, 1.807) is 0 Å². The van der Waals surface area contributed by atoms with Crippen molar-refractivity contribution in [3.8, 4) is 0 Å². The first-order chi connectivity index (χ1) is 17.1. The Morgan fingerprint density at radius 1 is 0.889 bits per heavy atom. The fourth-order valence-electron chi connectivity index (χ4n) is 3.66. The van der Waals surface area contributed by atoms with Gasteiger partial charge in [0, 0.05) is 7.11 Å². The van der Waals surface area contributed by atoms with Gasteiger partial charge in [-0.3, -0.25) is 4.57 Å². The summed E-state index contributed by atoms with van der Waals surface area (Å²) in [5.41, 5.74) is -0.889. The number of ether oxygens (including phenoxy) is 2. The van der Waals surface area contributed by atoms with Crippen LogP contribution in [0.4, 0.5) is 0 Å². The number of quaternary nitrogens is 1. The molecular weight excluding hydrogens is 501 g/mol. The van der Waals surface area contributed by atoms with Gasteiger partial charge in [-0.2, -0.15) is 0 Å². The second-order valence-electron chi connectivity index (χ2n) is 10.5. The lowest BCUT2D eigenvalue weighted by Crippen LogP contribution is -2.38. The van der Waals surface area contributed by atoms with E-state index in [9.17, 15) is 14.6 Å². The van der Waals surface area contributed by atoms with E-state index in [-0.39, 0.29) is 20.0 Å². The maximum atomic E-state index is 12.4. The predicted molar refractivity (Wildman–Crippen MR) is 148 cm³/mol. The van der Waals surface area contributed by atoms with Crippen molar-refractivity contribution in [2.24, 2.45) is 0 Å². The van der Waals surface area contributed by atoms with Crippen LogP contribution in [0.1, 0.15) is 96.8 Å². The molecule has 36 heavy (non-hydrogen) atoms. The molecule has 0 aliphatic heterocycles. The summed E-state index contributed by atoms with van der Waals surface area (Å²) in [6, 6.07) is 0. The zero-order valence-corrected chi connectivity index (χ0v) is 25.5. The largest absolute Gasteiger partial charge is 0.756 e. The van der Waals surface area contributed by atoms with Crippen molar-refractivity contribution < 1.29 is 37.6 Å². The van der Waals surface area contributed by atoms with E-state index >= 15 is 0 Å². The number of unbranched alkanes of at least 4 members (excludes halogenated alkanes) is 13. The van der Waals surface area contributed by atoms with Gasteiger partial charge in [0.25, 0.3) is 7.82 Å². The third-order valence-electron chi connectivity index (χ3n) is 5.91. The van der Waals surface area contributed by atoms with Gasteiger partial charge < -0.3 is 33.0 Å². The molecule has 0 aromatic rings. The van der Waals surface area contributed by atoms with E-state index in [1.807, 2.05) is 21.1 Å². The van der Waals surface area contributed by atoms with Gasteiger partial charge in [-0.05, 0) is 12.2 Å². The van der Waals surface area contributed by atoms with E-state index < -0.39 is 19.4 Å². The molecule has 0 aliphatic carbocycles. The molecule has 8 nitrogen and oxygen atoms in total. The molecule has 10 heteroatoms. The monoisotopic (exact) mass is 557 g/mol. The van der Waals surface area contributed by atoms with E-state index in [1.165, 1.54) is 95.9 Å². The summed E-state index contributed by atoms with van der Waals surface area (Å²) in [6.45, 7) is 2.38. The Morgan fingerprint density at radius 2 is 1.39 bits per heavy atom. The van der Waals surface area contributed by atoms with Gasteiger partial charge in [-0.25, -0.2) is 0 Å². The number of aliphatic hydroxyl groups excluding tert-OH is 1. The number of hydrogen-bond acceptors (Lipinski definition) is 8. The van der Waals surface area contributed by atoms with Gasteiger partial charge in [0.15, 0.2) is 0 Å². The van der Waals surface area contributed by atoms with E-state index in [0.717, 1.165) is 12.8 Å². The minimum atomic E-state index is -4.54. The average molecular weight is 558 g/mol. The van der Waals surface area contributed by atoms with Crippen molar-refractivity contribution in [1.29, 1.82) is 0 Å². The van der Waals surface area contributed by atoms with Crippen molar-refractivity contribution in [3.63, 3.8) is 0 Å². The molecule has 0 saturated carbocycles. The molecule has 0 saturated heterocycles. The molecule has 3 unspecified atom stereocenters. The summed E-state index contributed by atoms with van der Waals surface area (Å²) in [5, 5.41) is 9.72. The average Bonchev–Trinajstić information content (AvgIpc) is 2.80. The second kappa shape index (κ2) is 23.2. The molecule has 0 aliphatic rings. The number of aliphatic hydroxyl groups is 1. The van der Waals surface area contributed by atoms with Crippen LogP contribution in [0.2, 0.25) is 0 Å². The standard InChI is InChI=1S/C26H56NO7PS/c1-6-7-8-9-10-11-12-13-14-15-16-17-18-19-22-36-26(25(23-28)32-24-31-5)34-35(29,30)33-21-20-27(2,3)4/h25-26,28H,6-24H2,1-5H3. The van der Waals surface area contributed by atoms with Gasteiger partial charge in [-0.15, -0.1) is 11.8 Å². The molecule has 0 amide bonds. The zero-order chi connectivity index (χ0) is 27.1. The third-order valence-corrected chi connectivity index (χ3v) is 8.29. The van der Waals surface area contributed by atoms with Crippen LogP contribution in [0.15, 0.2) is 0 Å². The van der Waals surface area contributed by atoms with Crippen LogP contribution in [-0.2, 0) is 23.1 Å². The first-order valence-electron chi connectivity index (χ1n) is 13.9. The molecule has 0 fully saturated rings. The van der Waals surface area contributed by atoms with Crippen molar-refractivity contribution >= 4 is 19.6 Å². The molecule has 0 aromatic heterocycles. The normalized spacial score (nSPS) is 15.6. The van der Waals surface area contributed by atoms with Crippen molar-refractivity contribution in [3.05, 3.63) is 0 Å². The lowest BCUT2D eigenvalue weighted by Gasteiger charge is -2.32. The minimum absolute atomic E-state index is 0.0311. The highest BCUT2D eigenvalue weighted by Gasteiger charge is 2.28. The van der Waals surface area contributed by atoms with Crippen LogP contribution in [0.5, 0.6) is 0 Å². The van der Waals surface area contributed by atoms with Gasteiger partial charge in [0.05, 0.1) is 27.7 Å². The number of rotatable bonds is 27. The summed E-state index contributed by atoms with van der Waals surface area (Å²) >= 11 is 1.34. The number of phosphoric acid groups is 1. The molecular formula is C26H56NO7PS. The third kappa shape index (κ3) is 23.4. The fourth-order valence-corrected chi connectivity index (χ4v) is 5.96. The minimum Gasteiger partial charge on any atom is -0.756 e. The number of phosphoric ester groups is 1. The molecule has 0 radical (unpaired) electrons. The maximum Gasteiger partial charge on any atom is 0.269 e. The fraction of sp³-hybridized carbons (Fsp3) is 1.00. The van der Waals surface area contributed by atoms with Gasteiger partial charge in [0.1, 0.15) is 31.5 Å². The Hall–Kier alpha value is 0.300. The van der Waals surface area contributed by atoms with Crippen molar-refractivity contribution in [1.82, 2.24) is 0 Å². The maximum absolute atomic E-state index is 12.4. The lowest BCUT2D eigenvalue weighted by molar-refractivity contribution is -0.870. The molecule has 0 rings (SSSR count). The molecule has 0 bridgehead atoms. The number of thioether (sulfide) groups is 1. The first kappa shape index (κ1) is 36.3. The summed E-state index contributed by atoms with van der Waals surface area (Å²) in [4.78, 5) is 12.4. The van der Waals surface area contributed by atoms with Crippen molar-refractivity contribution in [2.45, 2.75) is 108 Å². The van der Waals surface area contributed by atoms with Crippen LogP contribution in [-0.4, -0.2) is 81.7 Å². The van der Waals surface area contributed by atoms with Crippen LogP contribution in [0, 0.1) is 0 Å². The van der Waals surface area contributed by atoms with Gasteiger partial charge >= 0.3 is 0 Å². The second-order valence-corrected chi connectivity index (χ2v) is 13.1. The quantitative estimate of drug-likeness (QED) is 0.0593. The Bertz CT molecular complexity index is 537. The highest BCUT2D eigenvalue weighted by atomic mass is 32.2. The molecule has 0 aromatic carbocycles. The number of nitrogens with zero attached hydrogens (tertiary/aromatic N) is 1. The van der Waals surface area contributed by atoms with Crippen LogP contribution in [0.25, 0.3) is 0 Å². The predicted octanol–water partition coefficient (Wildman–Crippen LogP) is 5.72. The Balaban J connectivity index is 4.17. The molecule has 0 spiro atoms. The summed E-state index contributed by atoms with van der Waals surface area (Å²) in [7, 11) is 2.80. The Kier molecular flexibility index (Phi) is 23.4. The summed E-state index contributed by atoms with van der Waals surface area (Å²) in [6.07, 6.45) is 17.2. The van der Waals surface area contributed by atoms with Crippen LogP contribution >= 0.6 is 19.6 Å². The molecule has 1 N–H and O–H groups in total. The highest BCUT2D eigenvalue weighted by Crippen LogP contribution is 2.43. The zero-order valence-electron chi connectivity index (χ0n) is 23.8. The lowest BCUT2D eigenvalue weighted by atomic mass is 10.0. The smallest absolute Gasteiger partial charge is 0.269 e.